The third-order valence-corrected chi connectivity index (χ3v) is 4.57. The summed E-state index contributed by atoms with van der Waals surface area (Å²) in [6, 6.07) is 0. The van der Waals surface area contributed by atoms with Crippen LogP contribution < -0.4 is 29.6 Å². The summed E-state index contributed by atoms with van der Waals surface area (Å²) >= 11 is 0. The van der Waals surface area contributed by atoms with E-state index in [0.29, 0.717) is 18.9 Å². The Morgan fingerprint density at radius 3 is 2.04 bits per heavy atom. The smallest absolute Gasteiger partial charge is 0.742 e. The molecule has 0 aromatic carbocycles. The van der Waals surface area contributed by atoms with Gasteiger partial charge in [0.05, 0.1) is 19.8 Å². The number of hydrogen-bond acceptors (Lipinski definition) is 7. The molecule has 0 saturated carbocycles. The third kappa shape index (κ3) is 21.0. The predicted molar refractivity (Wildman–Crippen MR) is 103 cm³/mol. The van der Waals surface area contributed by atoms with Crippen molar-refractivity contribution in [2.45, 2.75) is 85.0 Å². The van der Waals surface area contributed by atoms with Crippen molar-refractivity contribution < 1.29 is 62.1 Å². The Labute approximate surface area is 193 Å². The second-order valence-corrected chi connectivity index (χ2v) is 8.28. The van der Waals surface area contributed by atoms with Gasteiger partial charge in [-0.2, -0.15) is 4.89 Å². The summed E-state index contributed by atoms with van der Waals surface area (Å²) < 4.78 is 33.3. The van der Waals surface area contributed by atoms with Crippen molar-refractivity contribution in [1.82, 2.24) is 0 Å². The van der Waals surface area contributed by atoms with Gasteiger partial charge < -0.3 is 9.44 Å². The monoisotopic (exact) mass is 432 g/mol. The van der Waals surface area contributed by atoms with E-state index in [9.17, 15) is 13.0 Å². The van der Waals surface area contributed by atoms with Crippen LogP contribution in [0.2, 0.25) is 0 Å². The van der Waals surface area contributed by atoms with Crippen LogP contribution in [-0.2, 0) is 29.7 Å². The summed E-state index contributed by atoms with van der Waals surface area (Å²) in [5.74, 6) is 0.386. The number of unbranched alkanes of at least 4 members (excludes halogenated alkanes) is 7. The van der Waals surface area contributed by atoms with Gasteiger partial charge in [0, 0.05) is 0 Å². The second-order valence-electron chi connectivity index (χ2n) is 6.97. The summed E-state index contributed by atoms with van der Waals surface area (Å²) in [6.07, 6.45) is 11.7. The third-order valence-electron chi connectivity index (χ3n) is 3.84. The van der Waals surface area contributed by atoms with Gasteiger partial charge in [0.2, 0.25) is 5.09 Å². The zero-order valence-corrected chi connectivity index (χ0v) is 20.9. The van der Waals surface area contributed by atoms with Gasteiger partial charge in [0.1, 0.15) is 0 Å². The molecule has 0 spiro atoms. The molecule has 0 rings (SSSR count). The summed E-state index contributed by atoms with van der Waals surface area (Å²) in [5, 5.41) is -0.738. The molecule has 0 N–H and O–H groups in total. The van der Waals surface area contributed by atoms with Crippen molar-refractivity contribution in [3.05, 3.63) is 11.2 Å². The molecule has 0 aliphatic heterocycles. The van der Waals surface area contributed by atoms with Gasteiger partial charge in [-0.05, 0) is 31.3 Å². The molecule has 28 heavy (non-hydrogen) atoms. The van der Waals surface area contributed by atoms with Gasteiger partial charge in [-0.25, -0.2) is 18.2 Å². The van der Waals surface area contributed by atoms with Crippen LogP contribution in [0.4, 0.5) is 0 Å². The second kappa shape index (κ2) is 20.6. The molecular formula is C19H37NaO7S. The minimum absolute atomic E-state index is 0. The van der Waals surface area contributed by atoms with Crippen molar-refractivity contribution in [2.75, 3.05) is 19.8 Å². The molecule has 0 aromatic heterocycles. The maximum atomic E-state index is 11.1. The molecule has 0 aliphatic rings. The Bertz CT molecular complexity index is 467. The van der Waals surface area contributed by atoms with Crippen LogP contribution in [0.25, 0.3) is 0 Å². The van der Waals surface area contributed by atoms with Crippen LogP contribution >= 0.6 is 0 Å². The van der Waals surface area contributed by atoms with Gasteiger partial charge in [-0.3, -0.25) is 0 Å². The predicted octanol–water partition coefficient (Wildman–Crippen LogP) is 1.85. The van der Waals surface area contributed by atoms with E-state index in [1.165, 1.54) is 38.5 Å². The Balaban J connectivity index is 0. The summed E-state index contributed by atoms with van der Waals surface area (Å²) in [4.78, 5) is 19.4. The Morgan fingerprint density at radius 1 is 0.893 bits per heavy atom. The van der Waals surface area contributed by atoms with E-state index in [4.69, 9.17) is 14.7 Å². The van der Waals surface area contributed by atoms with E-state index in [1.807, 2.05) is 13.8 Å². The van der Waals surface area contributed by atoms with Crippen LogP contribution in [0.1, 0.15) is 85.0 Å². The molecule has 0 amide bonds. The first-order valence-corrected chi connectivity index (χ1v) is 11.5. The minimum Gasteiger partial charge on any atom is -0.742 e. The maximum absolute atomic E-state index is 11.1. The molecule has 9 heteroatoms. The fraction of sp³-hybridized carbons (Fsp3) is 0.895. The maximum Gasteiger partial charge on any atom is 1.00 e. The van der Waals surface area contributed by atoms with Crippen LogP contribution in [0.3, 0.4) is 0 Å². The van der Waals surface area contributed by atoms with Crippen LogP contribution in [-0.4, -0.2) is 32.8 Å². The molecule has 0 radical (unpaired) electrons. The molecule has 0 saturated heterocycles. The molecule has 0 unspecified atom stereocenters. The average molecular weight is 433 g/mol. The van der Waals surface area contributed by atoms with Crippen molar-refractivity contribution in [1.29, 1.82) is 0 Å². The van der Waals surface area contributed by atoms with Gasteiger partial charge in [0.25, 0.3) is 0 Å². The zero-order valence-electron chi connectivity index (χ0n) is 18.1. The molecule has 162 valence electrons. The molecule has 0 atom stereocenters. The van der Waals surface area contributed by atoms with Gasteiger partial charge in [-0.15, -0.1) is 0 Å². The van der Waals surface area contributed by atoms with Crippen LogP contribution in [0, 0.1) is 5.92 Å². The zero-order chi connectivity index (χ0) is 20.4. The topological polar surface area (TPSA) is 94.1 Å². The summed E-state index contributed by atoms with van der Waals surface area (Å²) in [5.41, 5.74) is 0. The van der Waals surface area contributed by atoms with Crippen molar-refractivity contribution in [2.24, 2.45) is 5.92 Å². The quantitative estimate of drug-likeness (QED) is 0.0768. The average Bonchev–Trinajstić information content (AvgIpc) is 2.59. The van der Waals surface area contributed by atoms with E-state index in [-0.39, 0.29) is 49.2 Å². The summed E-state index contributed by atoms with van der Waals surface area (Å²) in [6.45, 7) is 7.04. The number of rotatable bonds is 19. The van der Waals surface area contributed by atoms with Gasteiger partial charge in [-0.1, -0.05) is 65.7 Å². The van der Waals surface area contributed by atoms with Crippen molar-refractivity contribution >= 4 is 10.1 Å². The minimum atomic E-state index is -4.71. The Morgan fingerprint density at radius 2 is 1.46 bits per heavy atom. The molecule has 0 heterocycles. The largest absolute Gasteiger partial charge is 1.00 e. The molecule has 0 fully saturated rings. The van der Waals surface area contributed by atoms with Crippen LogP contribution in [0.15, 0.2) is 11.2 Å². The Kier molecular flexibility index (Phi) is 22.5. The SMILES string of the molecule is CCCCCCCCCCOOCC/C=C(/OOCCC(C)C)S(=O)(=O)[O-].[Na+]. The number of hydrogen-bond donors (Lipinski definition) is 0. The molecule has 0 aliphatic carbocycles. The van der Waals surface area contributed by atoms with Gasteiger partial charge in [0.15, 0.2) is 10.1 Å². The summed E-state index contributed by atoms with van der Waals surface area (Å²) in [7, 11) is -4.71. The van der Waals surface area contributed by atoms with Crippen molar-refractivity contribution in [3.8, 4) is 0 Å². The Hall–Kier alpha value is 0.330. The first-order valence-electron chi connectivity index (χ1n) is 10.1. The molecule has 0 aromatic rings. The molecule has 0 bridgehead atoms. The van der Waals surface area contributed by atoms with Crippen molar-refractivity contribution in [3.63, 3.8) is 0 Å². The molecule has 7 nitrogen and oxygen atoms in total. The first-order chi connectivity index (χ1) is 12.9. The molecular weight excluding hydrogens is 395 g/mol. The van der Waals surface area contributed by atoms with E-state index in [2.05, 4.69) is 11.8 Å². The fourth-order valence-electron chi connectivity index (χ4n) is 2.20. The normalized spacial score (nSPS) is 12.2. The van der Waals surface area contributed by atoms with E-state index in [0.717, 1.165) is 18.9 Å². The van der Waals surface area contributed by atoms with Gasteiger partial charge >= 0.3 is 29.6 Å². The van der Waals surface area contributed by atoms with E-state index >= 15 is 0 Å². The van der Waals surface area contributed by atoms with E-state index < -0.39 is 15.2 Å². The standard InChI is InChI=1S/C19H38O7S.Na/c1-4-5-6-7-8-9-10-11-15-23-24-16-12-13-19(27(20,21)22)26-25-17-14-18(2)3;/h13,18H,4-12,14-17H2,1-3H3,(H,20,21,22);/q;+1/p-1/b19-13-;. The van der Waals surface area contributed by atoms with Crippen LogP contribution in [0.5, 0.6) is 0 Å². The fourth-order valence-corrected chi connectivity index (χ4v) is 2.65. The first kappa shape index (κ1) is 30.5. The van der Waals surface area contributed by atoms with E-state index in [1.54, 1.807) is 0 Å².